The highest BCUT2D eigenvalue weighted by atomic mass is 15.3. The van der Waals surface area contributed by atoms with Crippen LogP contribution in [0.3, 0.4) is 0 Å². The van der Waals surface area contributed by atoms with Gasteiger partial charge in [0.25, 0.3) is 0 Å². The molecule has 0 atom stereocenters. The molecule has 0 spiro atoms. The van der Waals surface area contributed by atoms with Gasteiger partial charge < -0.3 is 4.57 Å². The molecule has 3 aromatic rings. The first-order valence-corrected chi connectivity index (χ1v) is 6.68. The second-order valence-electron chi connectivity index (χ2n) is 4.88. The van der Waals surface area contributed by atoms with Crippen molar-refractivity contribution in [3.8, 4) is 23.3 Å². The molecule has 0 unspecified atom stereocenters. The van der Waals surface area contributed by atoms with Crippen LogP contribution < -0.4 is 0 Å². The van der Waals surface area contributed by atoms with Crippen LogP contribution in [-0.2, 0) is 6.54 Å². The van der Waals surface area contributed by atoms with Crippen LogP contribution in [0.1, 0.15) is 22.6 Å². The highest BCUT2D eigenvalue weighted by molar-refractivity contribution is 5.69. The second-order valence-corrected chi connectivity index (χ2v) is 4.88. The number of aromatic amines is 1. The minimum Gasteiger partial charge on any atom is -0.330 e. The van der Waals surface area contributed by atoms with E-state index in [2.05, 4.69) is 27.5 Å². The number of nitrogens with zero attached hydrogens (tertiary/aromatic N) is 5. The van der Waals surface area contributed by atoms with Crippen molar-refractivity contribution in [2.75, 3.05) is 0 Å². The van der Waals surface area contributed by atoms with Crippen molar-refractivity contribution >= 4 is 0 Å². The number of nitrogens with one attached hydrogen (secondary N) is 1. The molecule has 1 N–H and O–H groups in total. The van der Waals surface area contributed by atoms with E-state index >= 15 is 0 Å². The van der Waals surface area contributed by atoms with Crippen LogP contribution >= 0.6 is 0 Å². The molecule has 0 radical (unpaired) electrons. The van der Waals surface area contributed by atoms with E-state index in [1.165, 1.54) is 0 Å². The number of rotatable bonds is 3. The molecule has 6 nitrogen and oxygen atoms in total. The molecule has 0 aliphatic carbocycles. The fourth-order valence-corrected chi connectivity index (χ4v) is 2.42. The fraction of sp³-hybridized carbons (Fsp3) is 0.125. The summed E-state index contributed by atoms with van der Waals surface area (Å²) in [6, 6.07) is 13.5. The Labute approximate surface area is 127 Å². The van der Waals surface area contributed by atoms with Gasteiger partial charge in [-0.15, -0.1) is 0 Å². The third-order valence-electron chi connectivity index (χ3n) is 3.59. The van der Waals surface area contributed by atoms with Gasteiger partial charge in [-0.3, -0.25) is 0 Å². The van der Waals surface area contributed by atoms with E-state index in [1.54, 1.807) is 18.3 Å². The summed E-state index contributed by atoms with van der Waals surface area (Å²) in [6.45, 7) is 2.45. The van der Waals surface area contributed by atoms with Gasteiger partial charge in [0.05, 0.1) is 24.4 Å². The molecule has 0 saturated carbocycles. The quantitative estimate of drug-likeness (QED) is 0.800. The molecule has 0 fully saturated rings. The normalized spacial score (nSPS) is 10.1. The van der Waals surface area contributed by atoms with Crippen molar-refractivity contribution in [3.05, 3.63) is 59.2 Å². The van der Waals surface area contributed by atoms with Gasteiger partial charge in [-0.05, 0) is 30.7 Å². The number of hydrogen-bond acceptors (Lipinski definition) is 4. The Kier molecular flexibility index (Phi) is 3.43. The summed E-state index contributed by atoms with van der Waals surface area (Å²) in [6.07, 6.45) is 1.64. The van der Waals surface area contributed by atoms with Gasteiger partial charge in [-0.1, -0.05) is 12.1 Å². The van der Waals surface area contributed by atoms with Crippen LogP contribution in [0.4, 0.5) is 0 Å². The number of hydrogen-bond donors (Lipinski definition) is 1. The van der Waals surface area contributed by atoms with Crippen LogP contribution in [0.5, 0.6) is 0 Å². The maximum Gasteiger partial charge on any atom is 0.121 e. The molecule has 0 bridgehead atoms. The van der Waals surface area contributed by atoms with E-state index < -0.39 is 0 Å². The predicted octanol–water partition coefficient (Wildman–Crippen LogP) is 2.37. The standard InChI is InChI=1S/C16H12N6/c1-11-16(13-4-2-12(7-17)3-5-13)6-15(8-18)22(11)10-14-9-19-21-20-14/h2-6,9H,10H2,1H3,(H,19,20,21). The first-order chi connectivity index (χ1) is 10.7. The van der Waals surface area contributed by atoms with E-state index in [1.807, 2.05) is 29.7 Å². The summed E-state index contributed by atoms with van der Waals surface area (Å²) in [4.78, 5) is 0. The van der Waals surface area contributed by atoms with Crippen molar-refractivity contribution in [2.45, 2.75) is 13.5 Å². The highest BCUT2D eigenvalue weighted by Gasteiger charge is 2.14. The van der Waals surface area contributed by atoms with Gasteiger partial charge >= 0.3 is 0 Å². The SMILES string of the molecule is Cc1c(-c2ccc(C#N)cc2)cc(C#N)n1Cc1cn[nH]n1. The summed E-state index contributed by atoms with van der Waals surface area (Å²) in [7, 11) is 0. The van der Waals surface area contributed by atoms with Crippen LogP contribution in [0.25, 0.3) is 11.1 Å². The van der Waals surface area contributed by atoms with E-state index in [9.17, 15) is 5.26 Å². The molecule has 6 heteroatoms. The van der Waals surface area contributed by atoms with Gasteiger partial charge in [0.15, 0.2) is 0 Å². The number of H-pyrrole nitrogens is 1. The molecular weight excluding hydrogens is 276 g/mol. The number of aromatic nitrogens is 4. The van der Waals surface area contributed by atoms with Gasteiger partial charge in [0.1, 0.15) is 17.5 Å². The zero-order valence-electron chi connectivity index (χ0n) is 11.9. The minimum absolute atomic E-state index is 0.488. The molecule has 0 amide bonds. The Morgan fingerprint density at radius 3 is 2.55 bits per heavy atom. The smallest absolute Gasteiger partial charge is 0.121 e. The predicted molar refractivity (Wildman–Crippen MR) is 79.5 cm³/mol. The lowest BCUT2D eigenvalue weighted by Crippen LogP contribution is -2.04. The summed E-state index contributed by atoms with van der Waals surface area (Å²) in [5.74, 6) is 0. The van der Waals surface area contributed by atoms with Crippen molar-refractivity contribution in [2.24, 2.45) is 0 Å². The first kappa shape index (κ1) is 13.6. The maximum atomic E-state index is 9.36. The molecule has 2 aromatic heterocycles. The average molecular weight is 288 g/mol. The topological polar surface area (TPSA) is 94.1 Å². The Hall–Kier alpha value is -3.38. The largest absolute Gasteiger partial charge is 0.330 e. The fourth-order valence-electron chi connectivity index (χ4n) is 2.42. The molecule has 1 aromatic carbocycles. The van der Waals surface area contributed by atoms with E-state index in [4.69, 9.17) is 5.26 Å². The summed E-state index contributed by atoms with van der Waals surface area (Å²) < 4.78 is 1.91. The van der Waals surface area contributed by atoms with E-state index in [0.29, 0.717) is 17.8 Å². The number of benzene rings is 1. The number of nitriles is 2. The second kappa shape index (κ2) is 5.55. The molecule has 0 saturated heterocycles. The van der Waals surface area contributed by atoms with Crippen LogP contribution in [0, 0.1) is 29.6 Å². The molecule has 2 heterocycles. The summed E-state index contributed by atoms with van der Waals surface area (Å²) in [5.41, 5.74) is 4.88. The van der Waals surface area contributed by atoms with Crippen LogP contribution in [-0.4, -0.2) is 20.0 Å². The molecule has 106 valence electrons. The third-order valence-corrected chi connectivity index (χ3v) is 3.59. The average Bonchev–Trinajstić information content (AvgIpc) is 3.17. The lowest BCUT2D eigenvalue weighted by atomic mass is 10.0. The zero-order valence-corrected chi connectivity index (χ0v) is 11.9. The van der Waals surface area contributed by atoms with Gasteiger partial charge in [-0.2, -0.15) is 25.9 Å². The van der Waals surface area contributed by atoms with Gasteiger partial charge in [0, 0.05) is 11.3 Å². The van der Waals surface area contributed by atoms with Crippen molar-refractivity contribution in [1.29, 1.82) is 10.5 Å². The van der Waals surface area contributed by atoms with Crippen molar-refractivity contribution in [3.63, 3.8) is 0 Å². The first-order valence-electron chi connectivity index (χ1n) is 6.68. The zero-order chi connectivity index (χ0) is 15.5. The summed E-state index contributed by atoms with van der Waals surface area (Å²) in [5, 5.41) is 28.6. The van der Waals surface area contributed by atoms with E-state index in [-0.39, 0.29) is 0 Å². The Bertz CT molecular complexity index is 873. The highest BCUT2D eigenvalue weighted by Crippen LogP contribution is 2.27. The lowest BCUT2D eigenvalue weighted by molar-refractivity contribution is 0.739. The van der Waals surface area contributed by atoms with E-state index in [0.717, 1.165) is 22.5 Å². The Morgan fingerprint density at radius 1 is 1.18 bits per heavy atom. The summed E-state index contributed by atoms with van der Waals surface area (Å²) >= 11 is 0. The lowest BCUT2D eigenvalue weighted by Gasteiger charge is -2.07. The monoisotopic (exact) mass is 288 g/mol. The minimum atomic E-state index is 0.488. The third kappa shape index (κ3) is 2.34. The molecule has 22 heavy (non-hydrogen) atoms. The van der Waals surface area contributed by atoms with Crippen LogP contribution in [0.2, 0.25) is 0 Å². The van der Waals surface area contributed by atoms with Crippen LogP contribution in [0.15, 0.2) is 36.5 Å². The Balaban J connectivity index is 2.04. The Morgan fingerprint density at radius 2 is 1.95 bits per heavy atom. The molecule has 0 aliphatic rings. The van der Waals surface area contributed by atoms with Crippen molar-refractivity contribution < 1.29 is 0 Å². The maximum absolute atomic E-state index is 9.36. The van der Waals surface area contributed by atoms with Gasteiger partial charge in [-0.25, -0.2) is 0 Å². The molecule has 3 rings (SSSR count). The van der Waals surface area contributed by atoms with Crippen molar-refractivity contribution in [1.82, 2.24) is 20.0 Å². The molecule has 0 aliphatic heterocycles. The van der Waals surface area contributed by atoms with Gasteiger partial charge in [0.2, 0.25) is 0 Å². The molecular formula is C16H12N6.